The van der Waals surface area contributed by atoms with Crippen LogP contribution in [0.4, 0.5) is 10.5 Å². The van der Waals surface area contributed by atoms with Crippen molar-refractivity contribution in [3.05, 3.63) is 29.8 Å². The van der Waals surface area contributed by atoms with Crippen molar-refractivity contribution in [2.75, 3.05) is 5.32 Å². The van der Waals surface area contributed by atoms with E-state index < -0.39 is 10.8 Å². The molecule has 132 valence electrons. The van der Waals surface area contributed by atoms with Crippen molar-refractivity contribution in [2.24, 2.45) is 0 Å². The summed E-state index contributed by atoms with van der Waals surface area (Å²) < 4.78 is 12.5. The molecule has 1 aromatic rings. The molecule has 2 fully saturated rings. The zero-order valence-corrected chi connectivity index (χ0v) is 15.1. The number of carbonyl (C=O) groups excluding carboxylic acids is 1. The first-order valence-electron chi connectivity index (χ1n) is 9.24. The quantitative estimate of drug-likeness (QED) is 0.832. The highest BCUT2D eigenvalue weighted by molar-refractivity contribution is 7.84. The van der Waals surface area contributed by atoms with Crippen molar-refractivity contribution >= 4 is 22.5 Å². The number of urea groups is 1. The van der Waals surface area contributed by atoms with Gasteiger partial charge in [0.05, 0.1) is 0 Å². The minimum Gasteiger partial charge on any atom is -0.335 e. The Morgan fingerprint density at radius 2 is 1.75 bits per heavy atom. The maximum absolute atomic E-state index is 12.5. The summed E-state index contributed by atoms with van der Waals surface area (Å²) in [5, 5.41) is 6.29. The number of nitrogens with one attached hydrogen (secondary N) is 2. The predicted octanol–water partition coefficient (Wildman–Crippen LogP) is 4.33. The van der Waals surface area contributed by atoms with E-state index in [9.17, 15) is 9.00 Å². The number of hydrogen-bond acceptors (Lipinski definition) is 2. The van der Waals surface area contributed by atoms with Crippen molar-refractivity contribution in [1.29, 1.82) is 0 Å². The fourth-order valence-corrected chi connectivity index (χ4v) is 5.37. The Morgan fingerprint density at radius 3 is 2.50 bits per heavy atom. The van der Waals surface area contributed by atoms with Gasteiger partial charge in [-0.25, -0.2) is 4.79 Å². The molecule has 2 amide bonds. The van der Waals surface area contributed by atoms with Crippen molar-refractivity contribution in [3.8, 4) is 0 Å². The van der Waals surface area contributed by atoms with E-state index in [1.54, 1.807) is 0 Å². The lowest BCUT2D eigenvalue weighted by atomic mass is 10.0. The number of benzene rings is 1. The molecule has 1 atom stereocenters. The molecule has 0 radical (unpaired) electrons. The highest BCUT2D eigenvalue weighted by Crippen LogP contribution is 2.24. The Bertz CT molecular complexity index is 578. The average molecular weight is 349 g/mol. The third-order valence-electron chi connectivity index (χ3n) is 5.11. The van der Waals surface area contributed by atoms with E-state index in [-0.39, 0.29) is 6.03 Å². The zero-order valence-electron chi connectivity index (χ0n) is 14.3. The lowest BCUT2D eigenvalue weighted by molar-refractivity contribution is 0.248. The molecule has 5 heteroatoms. The number of amides is 2. The second kappa shape index (κ2) is 8.65. The summed E-state index contributed by atoms with van der Waals surface area (Å²) in [7, 11) is -0.810. The van der Waals surface area contributed by atoms with Gasteiger partial charge in [0, 0.05) is 33.5 Å². The van der Waals surface area contributed by atoms with Crippen LogP contribution in [0.3, 0.4) is 0 Å². The summed E-state index contributed by atoms with van der Waals surface area (Å²) in [6, 6.07) is 7.95. The third-order valence-corrected chi connectivity index (χ3v) is 6.94. The molecule has 0 bridgehead atoms. The first-order chi connectivity index (χ1) is 11.7. The Balaban J connectivity index is 1.53. The van der Waals surface area contributed by atoms with E-state index in [0.29, 0.717) is 17.0 Å². The maximum Gasteiger partial charge on any atom is 0.319 e. The molecule has 0 spiro atoms. The van der Waals surface area contributed by atoms with Gasteiger partial charge in [-0.05, 0) is 43.4 Å². The number of rotatable bonds is 5. The molecule has 24 heavy (non-hydrogen) atoms. The van der Waals surface area contributed by atoms with Crippen LogP contribution in [0.5, 0.6) is 0 Å². The van der Waals surface area contributed by atoms with Crippen molar-refractivity contribution in [3.63, 3.8) is 0 Å². The Morgan fingerprint density at radius 1 is 1.04 bits per heavy atom. The molecule has 0 saturated heterocycles. The van der Waals surface area contributed by atoms with E-state index >= 15 is 0 Å². The Hall–Kier alpha value is -1.36. The number of hydrogen-bond donors (Lipinski definition) is 2. The number of carbonyl (C=O) groups is 1. The van der Waals surface area contributed by atoms with Crippen LogP contribution in [0.1, 0.15) is 63.4 Å². The highest BCUT2D eigenvalue weighted by atomic mass is 32.2. The molecule has 2 saturated carbocycles. The van der Waals surface area contributed by atoms with Gasteiger partial charge in [0.25, 0.3) is 0 Å². The first kappa shape index (κ1) is 17.5. The zero-order chi connectivity index (χ0) is 16.8. The topological polar surface area (TPSA) is 58.2 Å². The normalized spacial score (nSPS) is 20.7. The summed E-state index contributed by atoms with van der Waals surface area (Å²) >= 11 is 0. The van der Waals surface area contributed by atoms with Crippen LogP contribution < -0.4 is 10.6 Å². The van der Waals surface area contributed by atoms with Crippen LogP contribution in [0.15, 0.2) is 24.3 Å². The third kappa shape index (κ3) is 5.07. The van der Waals surface area contributed by atoms with Gasteiger partial charge >= 0.3 is 6.03 Å². The van der Waals surface area contributed by atoms with Crippen molar-refractivity contribution in [1.82, 2.24) is 5.32 Å². The second-order valence-corrected chi connectivity index (χ2v) is 8.78. The Labute approximate surface area is 147 Å². The molecule has 1 aromatic carbocycles. The van der Waals surface area contributed by atoms with Crippen LogP contribution in [0.25, 0.3) is 0 Å². The van der Waals surface area contributed by atoms with Crippen LogP contribution in [-0.4, -0.2) is 21.5 Å². The summed E-state index contributed by atoms with van der Waals surface area (Å²) in [5.41, 5.74) is 1.82. The summed E-state index contributed by atoms with van der Waals surface area (Å²) in [6.45, 7) is 0. The minimum absolute atomic E-state index is 0.132. The van der Waals surface area contributed by atoms with Crippen molar-refractivity contribution in [2.45, 2.75) is 74.8 Å². The van der Waals surface area contributed by atoms with Gasteiger partial charge in [-0.2, -0.15) is 0 Å². The van der Waals surface area contributed by atoms with E-state index in [4.69, 9.17) is 0 Å². The molecule has 2 aliphatic carbocycles. The molecule has 0 unspecified atom stereocenters. The fourth-order valence-electron chi connectivity index (χ4n) is 3.77. The second-order valence-electron chi connectivity index (χ2n) is 7.07. The predicted molar refractivity (Wildman–Crippen MR) is 99.6 cm³/mol. The molecular weight excluding hydrogens is 320 g/mol. The van der Waals surface area contributed by atoms with Crippen molar-refractivity contribution < 1.29 is 9.00 Å². The molecule has 3 rings (SSSR count). The Kier molecular flexibility index (Phi) is 6.30. The molecule has 0 heterocycles. The fraction of sp³-hybridized carbons (Fsp3) is 0.632. The molecule has 4 nitrogen and oxygen atoms in total. The van der Waals surface area contributed by atoms with Crippen LogP contribution in [0, 0.1) is 0 Å². The summed E-state index contributed by atoms with van der Waals surface area (Å²) in [5.74, 6) is 0.588. The molecule has 0 aromatic heterocycles. The standard InChI is InChI=1S/C19H28N2O2S/c22-19(20-16-8-4-5-9-16)21-17-10-6-7-15(13-17)14-24(23)18-11-2-1-3-12-18/h6-7,10,13,16,18H,1-5,8-9,11-12,14H2,(H2,20,21,22)/t24-/m1/s1. The number of anilines is 1. The SMILES string of the molecule is O=C(Nc1cccc(C[S@@](=O)C2CCCCC2)c1)NC1CCCC1. The smallest absolute Gasteiger partial charge is 0.319 e. The van der Waals surface area contributed by atoms with Gasteiger partial charge in [0.1, 0.15) is 0 Å². The van der Waals surface area contributed by atoms with Crippen LogP contribution in [0.2, 0.25) is 0 Å². The van der Waals surface area contributed by atoms with Gasteiger partial charge in [-0.15, -0.1) is 0 Å². The van der Waals surface area contributed by atoms with Crippen LogP contribution >= 0.6 is 0 Å². The minimum atomic E-state index is -0.810. The van der Waals surface area contributed by atoms with Gasteiger partial charge in [-0.3, -0.25) is 4.21 Å². The monoisotopic (exact) mass is 348 g/mol. The molecule has 0 aliphatic heterocycles. The van der Waals surface area contributed by atoms with Gasteiger partial charge in [0.15, 0.2) is 0 Å². The molecule has 2 aliphatic rings. The summed E-state index contributed by atoms with van der Waals surface area (Å²) in [6.07, 6.45) is 10.4. The summed E-state index contributed by atoms with van der Waals surface area (Å²) in [4.78, 5) is 12.1. The highest BCUT2D eigenvalue weighted by Gasteiger charge is 2.20. The molecule has 2 N–H and O–H groups in total. The first-order valence-corrected chi connectivity index (χ1v) is 10.6. The van der Waals surface area contributed by atoms with Crippen LogP contribution in [-0.2, 0) is 16.6 Å². The van der Waals surface area contributed by atoms with Gasteiger partial charge < -0.3 is 10.6 Å². The molecular formula is C19H28N2O2S. The van der Waals surface area contributed by atoms with E-state index in [1.807, 2.05) is 24.3 Å². The van der Waals surface area contributed by atoms with Gasteiger partial charge in [0.2, 0.25) is 0 Å². The van der Waals surface area contributed by atoms with Gasteiger partial charge in [-0.1, -0.05) is 44.2 Å². The van der Waals surface area contributed by atoms with E-state index in [1.165, 1.54) is 32.1 Å². The van der Waals surface area contributed by atoms with E-state index in [2.05, 4.69) is 10.6 Å². The lowest BCUT2D eigenvalue weighted by Crippen LogP contribution is -2.36. The van der Waals surface area contributed by atoms with E-state index in [0.717, 1.165) is 36.9 Å². The maximum atomic E-state index is 12.5. The lowest BCUT2D eigenvalue weighted by Gasteiger charge is -2.21. The largest absolute Gasteiger partial charge is 0.335 e. The average Bonchev–Trinajstić information content (AvgIpc) is 3.08.